The van der Waals surface area contributed by atoms with Crippen LogP contribution < -0.4 is 10.6 Å². The normalized spacial score (nSPS) is 28.1. The van der Waals surface area contributed by atoms with Crippen LogP contribution in [0.1, 0.15) is 71.1 Å². The van der Waals surface area contributed by atoms with Gasteiger partial charge in [0.1, 0.15) is 0 Å². The zero-order valence-corrected chi connectivity index (χ0v) is 19.5. The molecule has 0 spiro atoms. The Labute approximate surface area is 188 Å². The van der Waals surface area contributed by atoms with E-state index in [9.17, 15) is 4.79 Å². The van der Waals surface area contributed by atoms with E-state index in [-0.39, 0.29) is 11.5 Å². The molecule has 176 valence electrons. The number of carbonyl (C=O) groups excluding carboxylic acids is 1. The number of hydrogen-bond donors (Lipinski definition) is 2. The summed E-state index contributed by atoms with van der Waals surface area (Å²) in [6.45, 7) is 9.56. The Morgan fingerprint density at radius 3 is 2.48 bits per heavy atom. The van der Waals surface area contributed by atoms with Crippen molar-refractivity contribution in [2.24, 2.45) is 10.9 Å². The number of ether oxygens (including phenoxy) is 1. The van der Waals surface area contributed by atoms with Gasteiger partial charge in [-0.05, 0) is 65.0 Å². The molecule has 0 aromatic carbocycles. The van der Waals surface area contributed by atoms with Crippen LogP contribution in [-0.4, -0.2) is 85.7 Å². The number of rotatable bonds is 6. The Morgan fingerprint density at radius 1 is 1.03 bits per heavy atom. The van der Waals surface area contributed by atoms with E-state index in [1.807, 2.05) is 0 Å². The molecule has 1 unspecified atom stereocenters. The predicted molar refractivity (Wildman–Crippen MR) is 124 cm³/mol. The second-order valence-electron chi connectivity index (χ2n) is 9.98. The number of aliphatic imine (C=N–C) groups is 1. The Balaban J connectivity index is 1.34. The van der Waals surface area contributed by atoms with E-state index in [4.69, 9.17) is 9.73 Å². The van der Waals surface area contributed by atoms with Crippen LogP contribution >= 0.6 is 0 Å². The van der Waals surface area contributed by atoms with Crippen LogP contribution in [0.5, 0.6) is 0 Å². The van der Waals surface area contributed by atoms with E-state index in [2.05, 4.69) is 27.4 Å². The number of carbonyl (C=O) groups is 1. The Bertz CT molecular complexity index is 607. The fraction of sp³-hybridized carbons (Fsp3) is 0.917. The van der Waals surface area contributed by atoms with E-state index >= 15 is 0 Å². The summed E-state index contributed by atoms with van der Waals surface area (Å²) in [4.78, 5) is 22.8. The van der Waals surface area contributed by atoms with Gasteiger partial charge in [-0.25, -0.2) is 0 Å². The van der Waals surface area contributed by atoms with Gasteiger partial charge in [-0.3, -0.25) is 14.7 Å². The van der Waals surface area contributed by atoms with Crippen molar-refractivity contribution in [2.75, 3.05) is 52.5 Å². The fourth-order valence-corrected chi connectivity index (χ4v) is 5.94. The van der Waals surface area contributed by atoms with Crippen molar-refractivity contribution in [1.82, 2.24) is 20.4 Å². The Kier molecular flexibility index (Phi) is 8.10. The monoisotopic (exact) mass is 433 g/mol. The third-order valence-corrected chi connectivity index (χ3v) is 7.87. The van der Waals surface area contributed by atoms with Crippen LogP contribution in [0, 0.1) is 5.92 Å². The quantitative estimate of drug-likeness (QED) is 0.497. The lowest BCUT2D eigenvalue weighted by molar-refractivity contribution is -0.135. The molecular weight excluding hydrogens is 390 g/mol. The second kappa shape index (κ2) is 11.0. The maximum atomic E-state index is 12.9. The molecule has 1 amide bonds. The third kappa shape index (κ3) is 5.72. The highest BCUT2D eigenvalue weighted by Crippen LogP contribution is 2.32. The number of nitrogens with zero attached hydrogens (tertiary/aromatic N) is 3. The Hall–Kier alpha value is -1.34. The summed E-state index contributed by atoms with van der Waals surface area (Å²) in [7, 11) is 0. The summed E-state index contributed by atoms with van der Waals surface area (Å²) in [5, 5.41) is 7.10. The second-order valence-corrected chi connectivity index (χ2v) is 9.98. The summed E-state index contributed by atoms with van der Waals surface area (Å²) in [6, 6.07) is 0.294. The summed E-state index contributed by atoms with van der Waals surface area (Å²) >= 11 is 0. The standard InChI is InChI=1S/C24H43N5O2/c1-2-25-23(26-19-24(11-16-31-17-12-24)29-13-6-7-14-29)27-21-10-15-28(18-21)22(30)20-8-4-3-5-9-20/h20-21H,2-19H2,1H3,(H2,25,26,27). The topological polar surface area (TPSA) is 69.2 Å². The molecule has 7 heteroatoms. The summed E-state index contributed by atoms with van der Waals surface area (Å²) in [6.07, 6.45) is 11.6. The summed E-state index contributed by atoms with van der Waals surface area (Å²) < 4.78 is 5.69. The van der Waals surface area contributed by atoms with Crippen molar-refractivity contribution in [3.8, 4) is 0 Å². The molecular formula is C24H43N5O2. The lowest BCUT2D eigenvalue weighted by atomic mass is 9.88. The van der Waals surface area contributed by atoms with E-state index < -0.39 is 0 Å². The van der Waals surface area contributed by atoms with Gasteiger partial charge in [0.15, 0.2) is 5.96 Å². The lowest BCUT2D eigenvalue weighted by Crippen LogP contribution is -2.54. The van der Waals surface area contributed by atoms with Crippen LogP contribution in [0.3, 0.4) is 0 Å². The minimum absolute atomic E-state index is 0.149. The first-order valence-corrected chi connectivity index (χ1v) is 12.9. The fourth-order valence-electron chi connectivity index (χ4n) is 5.94. The minimum atomic E-state index is 0.149. The molecule has 0 radical (unpaired) electrons. The number of nitrogens with one attached hydrogen (secondary N) is 2. The van der Waals surface area contributed by atoms with Gasteiger partial charge in [-0.15, -0.1) is 0 Å². The highest BCUT2D eigenvalue weighted by atomic mass is 16.5. The molecule has 4 aliphatic rings. The van der Waals surface area contributed by atoms with Crippen molar-refractivity contribution in [3.63, 3.8) is 0 Å². The van der Waals surface area contributed by atoms with Gasteiger partial charge in [0.05, 0.1) is 6.54 Å². The van der Waals surface area contributed by atoms with Gasteiger partial charge < -0.3 is 20.3 Å². The van der Waals surface area contributed by atoms with Gasteiger partial charge in [0.2, 0.25) is 5.91 Å². The van der Waals surface area contributed by atoms with Gasteiger partial charge in [0, 0.05) is 50.3 Å². The minimum Gasteiger partial charge on any atom is -0.381 e. The van der Waals surface area contributed by atoms with E-state index in [0.717, 1.165) is 77.5 Å². The van der Waals surface area contributed by atoms with Crippen molar-refractivity contribution < 1.29 is 9.53 Å². The molecule has 2 N–H and O–H groups in total. The maximum Gasteiger partial charge on any atom is 0.225 e. The SMILES string of the molecule is CCNC(=NCC1(N2CCCC2)CCOCC1)NC1CCN(C(=O)C2CCCCC2)C1. The molecule has 4 fully saturated rings. The van der Waals surface area contributed by atoms with Crippen molar-refractivity contribution in [1.29, 1.82) is 0 Å². The average molecular weight is 434 g/mol. The van der Waals surface area contributed by atoms with Crippen LogP contribution in [0.4, 0.5) is 0 Å². The van der Waals surface area contributed by atoms with Gasteiger partial charge in [0.25, 0.3) is 0 Å². The zero-order valence-electron chi connectivity index (χ0n) is 19.5. The molecule has 3 heterocycles. The van der Waals surface area contributed by atoms with Crippen molar-refractivity contribution in [3.05, 3.63) is 0 Å². The van der Waals surface area contributed by atoms with Gasteiger partial charge >= 0.3 is 0 Å². The largest absolute Gasteiger partial charge is 0.381 e. The number of amides is 1. The Morgan fingerprint density at radius 2 is 1.77 bits per heavy atom. The molecule has 4 rings (SSSR count). The molecule has 1 atom stereocenters. The maximum absolute atomic E-state index is 12.9. The predicted octanol–water partition coefficient (Wildman–Crippen LogP) is 2.37. The number of likely N-dealkylation sites (tertiary alicyclic amines) is 2. The van der Waals surface area contributed by atoms with E-state index in [1.165, 1.54) is 45.2 Å². The van der Waals surface area contributed by atoms with Crippen LogP contribution in [-0.2, 0) is 9.53 Å². The first kappa shape index (κ1) is 22.8. The molecule has 7 nitrogen and oxygen atoms in total. The molecule has 0 bridgehead atoms. The zero-order chi connectivity index (χ0) is 21.5. The van der Waals surface area contributed by atoms with Gasteiger partial charge in [-0.1, -0.05) is 19.3 Å². The number of hydrogen-bond acceptors (Lipinski definition) is 4. The first-order valence-electron chi connectivity index (χ1n) is 12.9. The van der Waals surface area contributed by atoms with Crippen LogP contribution in [0.25, 0.3) is 0 Å². The smallest absolute Gasteiger partial charge is 0.225 e. The van der Waals surface area contributed by atoms with Crippen LogP contribution in [0.15, 0.2) is 4.99 Å². The van der Waals surface area contributed by atoms with Crippen molar-refractivity contribution >= 4 is 11.9 Å². The summed E-state index contributed by atoms with van der Waals surface area (Å²) in [5.74, 6) is 1.56. The molecule has 1 saturated carbocycles. The lowest BCUT2D eigenvalue weighted by Gasteiger charge is -2.43. The van der Waals surface area contributed by atoms with Crippen LogP contribution in [0.2, 0.25) is 0 Å². The summed E-state index contributed by atoms with van der Waals surface area (Å²) in [5.41, 5.74) is 0.149. The van der Waals surface area contributed by atoms with Gasteiger partial charge in [-0.2, -0.15) is 0 Å². The van der Waals surface area contributed by atoms with Crippen molar-refractivity contribution in [2.45, 2.75) is 82.7 Å². The third-order valence-electron chi connectivity index (χ3n) is 7.87. The molecule has 0 aromatic rings. The molecule has 1 aliphatic carbocycles. The van der Waals surface area contributed by atoms with E-state index in [1.54, 1.807) is 0 Å². The average Bonchev–Trinajstić information content (AvgIpc) is 3.51. The highest BCUT2D eigenvalue weighted by Gasteiger charge is 2.39. The number of guanidine groups is 1. The molecule has 3 saturated heterocycles. The molecule has 0 aromatic heterocycles. The van der Waals surface area contributed by atoms with E-state index in [0.29, 0.717) is 11.9 Å². The highest BCUT2D eigenvalue weighted by molar-refractivity contribution is 5.81. The molecule has 3 aliphatic heterocycles. The molecule has 31 heavy (non-hydrogen) atoms. The first-order chi connectivity index (χ1) is 15.2.